The van der Waals surface area contributed by atoms with Crippen molar-refractivity contribution in [3.63, 3.8) is 0 Å². The van der Waals surface area contributed by atoms with Crippen LogP contribution in [0.1, 0.15) is 39.2 Å². The van der Waals surface area contributed by atoms with Crippen molar-refractivity contribution in [1.29, 1.82) is 0 Å². The number of ether oxygens (including phenoxy) is 1. The maximum absolute atomic E-state index is 13.1. The molecule has 0 saturated heterocycles. The van der Waals surface area contributed by atoms with Gasteiger partial charge in [-0.3, -0.25) is 4.79 Å². The Balaban J connectivity index is 2.57. The van der Waals surface area contributed by atoms with Gasteiger partial charge in [-0.2, -0.15) is 0 Å². The fraction of sp³-hybridized carbons (Fsp3) is 0.471. The molecule has 1 aromatic rings. The number of hydrogen-bond acceptors (Lipinski definition) is 2. The molecule has 1 aliphatic carbocycles. The van der Waals surface area contributed by atoms with Gasteiger partial charge in [-0.1, -0.05) is 26.0 Å². The van der Waals surface area contributed by atoms with E-state index < -0.39 is 0 Å². The van der Waals surface area contributed by atoms with Crippen molar-refractivity contribution in [3.05, 3.63) is 41.2 Å². The van der Waals surface area contributed by atoms with E-state index in [1.54, 1.807) is 19.2 Å². The number of hydrogen-bond donors (Lipinski definition) is 0. The molecule has 0 aliphatic heterocycles. The summed E-state index contributed by atoms with van der Waals surface area (Å²) in [5, 5.41) is 0. The first kappa shape index (κ1) is 14.9. The molecule has 0 saturated carbocycles. The van der Waals surface area contributed by atoms with Crippen molar-refractivity contribution in [2.45, 2.75) is 39.2 Å². The van der Waals surface area contributed by atoms with Crippen LogP contribution in [0, 0.1) is 11.2 Å². The highest BCUT2D eigenvalue weighted by Crippen LogP contribution is 2.48. The zero-order valence-electron chi connectivity index (χ0n) is 12.5. The van der Waals surface area contributed by atoms with Crippen LogP contribution in [-0.2, 0) is 9.53 Å². The quantitative estimate of drug-likeness (QED) is 0.780. The SMILES string of the molecule is COC1(C)CC(c2ccc(F)cc2)=C(C=O)C(C)(C)C1. The Kier molecular flexibility index (Phi) is 3.83. The highest BCUT2D eigenvalue weighted by atomic mass is 19.1. The number of allylic oxidation sites excluding steroid dienone is 1. The van der Waals surface area contributed by atoms with E-state index in [0.717, 1.165) is 29.4 Å². The minimum absolute atomic E-state index is 0.255. The molecule has 1 atom stereocenters. The molecule has 2 nitrogen and oxygen atoms in total. The summed E-state index contributed by atoms with van der Waals surface area (Å²) in [6.07, 6.45) is 2.38. The molecule has 1 aromatic carbocycles. The van der Waals surface area contributed by atoms with Gasteiger partial charge in [0.1, 0.15) is 12.1 Å². The maximum atomic E-state index is 13.1. The second kappa shape index (κ2) is 5.13. The number of carbonyl (C=O) groups excluding carboxylic acids is 1. The number of benzene rings is 1. The smallest absolute Gasteiger partial charge is 0.146 e. The van der Waals surface area contributed by atoms with Crippen molar-refractivity contribution < 1.29 is 13.9 Å². The first-order chi connectivity index (χ1) is 9.31. The Morgan fingerprint density at radius 2 is 1.80 bits per heavy atom. The number of rotatable bonds is 3. The lowest BCUT2D eigenvalue weighted by molar-refractivity contribution is -0.106. The van der Waals surface area contributed by atoms with Gasteiger partial charge in [0.15, 0.2) is 0 Å². The predicted molar refractivity (Wildman–Crippen MR) is 77.8 cm³/mol. The molecule has 0 aromatic heterocycles. The summed E-state index contributed by atoms with van der Waals surface area (Å²) < 4.78 is 18.8. The first-order valence-electron chi connectivity index (χ1n) is 6.81. The van der Waals surface area contributed by atoms with Crippen molar-refractivity contribution >= 4 is 11.9 Å². The van der Waals surface area contributed by atoms with Gasteiger partial charge in [0, 0.05) is 19.1 Å². The third kappa shape index (κ3) is 2.68. The Hall–Kier alpha value is -1.48. The van der Waals surface area contributed by atoms with E-state index in [-0.39, 0.29) is 16.8 Å². The standard InChI is InChI=1S/C17H21FO2/c1-16(2)11-17(3,20-4)9-14(15(16)10-19)12-5-7-13(18)8-6-12/h5-8,10H,9,11H2,1-4H3. The molecule has 0 radical (unpaired) electrons. The van der Waals surface area contributed by atoms with Gasteiger partial charge >= 0.3 is 0 Å². The summed E-state index contributed by atoms with van der Waals surface area (Å²) in [7, 11) is 1.70. The third-order valence-corrected chi connectivity index (χ3v) is 4.22. The zero-order chi connectivity index (χ0) is 15.0. The van der Waals surface area contributed by atoms with E-state index in [9.17, 15) is 9.18 Å². The highest BCUT2D eigenvalue weighted by molar-refractivity contribution is 5.90. The molecular weight excluding hydrogens is 255 g/mol. The highest BCUT2D eigenvalue weighted by Gasteiger charge is 2.42. The lowest BCUT2D eigenvalue weighted by Crippen LogP contribution is -2.39. The number of aldehydes is 1. The van der Waals surface area contributed by atoms with Crippen molar-refractivity contribution in [2.24, 2.45) is 5.41 Å². The van der Waals surface area contributed by atoms with Gasteiger partial charge in [-0.25, -0.2) is 4.39 Å². The maximum Gasteiger partial charge on any atom is 0.146 e. The second-order valence-corrected chi connectivity index (χ2v) is 6.41. The van der Waals surface area contributed by atoms with Gasteiger partial charge in [-0.05, 0) is 42.0 Å². The van der Waals surface area contributed by atoms with E-state index in [1.807, 2.05) is 0 Å². The van der Waals surface area contributed by atoms with Crippen LogP contribution in [0.25, 0.3) is 5.57 Å². The lowest BCUT2D eigenvalue weighted by atomic mass is 9.66. The van der Waals surface area contributed by atoms with Gasteiger partial charge in [0.25, 0.3) is 0 Å². The summed E-state index contributed by atoms with van der Waals surface area (Å²) in [6.45, 7) is 6.16. The molecule has 0 heterocycles. The summed E-state index contributed by atoms with van der Waals surface area (Å²) in [5.41, 5.74) is 2.08. The summed E-state index contributed by atoms with van der Waals surface area (Å²) in [5.74, 6) is -0.272. The topological polar surface area (TPSA) is 26.3 Å². The summed E-state index contributed by atoms with van der Waals surface area (Å²) in [4.78, 5) is 11.6. The Labute approximate surface area is 119 Å². The minimum Gasteiger partial charge on any atom is -0.378 e. The van der Waals surface area contributed by atoms with Gasteiger partial charge in [-0.15, -0.1) is 0 Å². The van der Waals surface area contributed by atoms with Crippen molar-refractivity contribution in [2.75, 3.05) is 7.11 Å². The fourth-order valence-corrected chi connectivity index (χ4v) is 3.25. The summed E-state index contributed by atoms with van der Waals surface area (Å²) >= 11 is 0. The van der Waals surface area contributed by atoms with E-state index >= 15 is 0 Å². The van der Waals surface area contributed by atoms with Crippen molar-refractivity contribution in [1.82, 2.24) is 0 Å². The van der Waals surface area contributed by atoms with Crippen LogP contribution in [-0.4, -0.2) is 19.0 Å². The number of halogens is 1. The van der Waals surface area contributed by atoms with Crippen LogP contribution < -0.4 is 0 Å². The Morgan fingerprint density at radius 3 is 2.30 bits per heavy atom. The van der Waals surface area contributed by atoms with Gasteiger partial charge < -0.3 is 4.74 Å². The zero-order valence-corrected chi connectivity index (χ0v) is 12.5. The normalized spacial score (nSPS) is 25.6. The molecule has 1 unspecified atom stereocenters. The molecule has 3 heteroatoms. The van der Waals surface area contributed by atoms with Crippen LogP contribution in [0.4, 0.5) is 4.39 Å². The van der Waals surface area contributed by atoms with E-state index in [4.69, 9.17) is 4.74 Å². The van der Waals surface area contributed by atoms with Crippen LogP contribution in [0.5, 0.6) is 0 Å². The Bertz CT molecular complexity index is 543. The monoisotopic (exact) mass is 276 g/mol. The van der Waals surface area contributed by atoms with Crippen molar-refractivity contribution in [3.8, 4) is 0 Å². The number of methoxy groups -OCH3 is 1. The average Bonchev–Trinajstić information content (AvgIpc) is 2.38. The average molecular weight is 276 g/mol. The van der Waals surface area contributed by atoms with Crippen LogP contribution in [0.15, 0.2) is 29.8 Å². The van der Waals surface area contributed by atoms with Gasteiger partial charge in [0.05, 0.1) is 5.60 Å². The number of carbonyl (C=O) groups is 1. The molecule has 0 bridgehead atoms. The van der Waals surface area contributed by atoms with Crippen LogP contribution in [0.3, 0.4) is 0 Å². The molecule has 0 amide bonds. The molecule has 20 heavy (non-hydrogen) atoms. The van der Waals surface area contributed by atoms with Gasteiger partial charge in [0.2, 0.25) is 0 Å². The first-order valence-corrected chi connectivity index (χ1v) is 6.81. The van der Waals surface area contributed by atoms with E-state index in [0.29, 0.717) is 6.42 Å². The Morgan fingerprint density at radius 1 is 1.20 bits per heavy atom. The molecular formula is C17H21FO2. The predicted octanol–water partition coefficient (Wildman–Crippen LogP) is 4.00. The largest absolute Gasteiger partial charge is 0.378 e. The fourth-order valence-electron chi connectivity index (χ4n) is 3.25. The van der Waals surface area contributed by atoms with E-state index in [1.165, 1.54) is 12.1 Å². The molecule has 1 aliphatic rings. The second-order valence-electron chi connectivity index (χ2n) is 6.41. The lowest BCUT2D eigenvalue weighted by Gasteiger charge is -2.43. The van der Waals surface area contributed by atoms with Crippen LogP contribution in [0.2, 0.25) is 0 Å². The van der Waals surface area contributed by atoms with E-state index in [2.05, 4.69) is 20.8 Å². The van der Waals surface area contributed by atoms with Crippen LogP contribution >= 0.6 is 0 Å². The molecule has 0 spiro atoms. The molecule has 108 valence electrons. The molecule has 0 fully saturated rings. The summed E-state index contributed by atoms with van der Waals surface area (Å²) in [6, 6.07) is 6.31. The third-order valence-electron chi connectivity index (χ3n) is 4.22. The minimum atomic E-state index is -0.306. The molecule has 0 N–H and O–H groups in total. The molecule has 2 rings (SSSR count).